The average Bonchev–Trinajstić information content (AvgIpc) is 2.42. The quantitative estimate of drug-likeness (QED) is 0.669. The monoisotopic (exact) mass is 265 g/mol. The van der Waals surface area contributed by atoms with Gasteiger partial charge >= 0.3 is 5.97 Å². The Bertz CT molecular complexity index is 399. The van der Waals surface area contributed by atoms with Crippen LogP contribution in [-0.2, 0) is 4.74 Å². The lowest BCUT2D eigenvalue weighted by atomic mass is 10.1. The number of esters is 1. The van der Waals surface area contributed by atoms with E-state index in [-0.39, 0.29) is 5.97 Å². The Hall–Kier alpha value is -1.68. The SMILES string of the molecule is C=CNC(=S)c1ccc(C(=O)OCC)cc1.CC. The molecule has 1 rings (SSSR count). The summed E-state index contributed by atoms with van der Waals surface area (Å²) in [6, 6.07) is 6.91. The molecule has 0 radical (unpaired) electrons. The molecule has 0 aliphatic heterocycles. The number of ether oxygens (including phenoxy) is 1. The van der Waals surface area contributed by atoms with Gasteiger partial charge in [-0.05, 0) is 25.3 Å². The van der Waals surface area contributed by atoms with Gasteiger partial charge in [0.2, 0.25) is 0 Å². The minimum Gasteiger partial charge on any atom is -0.462 e. The van der Waals surface area contributed by atoms with E-state index in [0.29, 0.717) is 17.2 Å². The standard InChI is InChI=1S/C12H13NO2S.C2H6/c1-3-13-11(16)9-5-7-10(8-6-9)12(14)15-4-2;1-2/h3,5-8H,1,4H2,2H3,(H,13,16);1-2H3. The van der Waals surface area contributed by atoms with Crippen molar-refractivity contribution in [3.63, 3.8) is 0 Å². The Morgan fingerprint density at radius 2 is 1.83 bits per heavy atom. The molecule has 4 heteroatoms. The molecule has 0 aliphatic rings. The van der Waals surface area contributed by atoms with E-state index in [0.717, 1.165) is 5.56 Å². The molecule has 0 bridgehead atoms. The molecule has 3 nitrogen and oxygen atoms in total. The van der Waals surface area contributed by atoms with Crippen LogP contribution in [0.4, 0.5) is 0 Å². The van der Waals surface area contributed by atoms with E-state index in [2.05, 4.69) is 11.9 Å². The van der Waals surface area contributed by atoms with Crippen LogP contribution in [0.1, 0.15) is 36.7 Å². The van der Waals surface area contributed by atoms with Crippen molar-refractivity contribution in [3.05, 3.63) is 48.2 Å². The van der Waals surface area contributed by atoms with E-state index in [4.69, 9.17) is 17.0 Å². The van der Waals surface area contributed by atoms with Gasteiger partial charge in [-0.3, -0.25) is 0 Å². The zero-order valence-electron chi connectivity index (χ0n) is 11.0. The van der Waals surface area contributed by atoms with Crippen LogP contribution in [0.5, 0.6) is 0 Å². The molecule has 0 unspecified atom stereocenters. The summed E-state index contributed by atoms with van der Waals surface area (Å²) in [7, 11) is 0. The number of thiocarbonyl (C=S) groups is 1. The minimum absolute atomic E-state index is 0.323. The fourth-order valence-corrected chi connectivity index (χ4v) is 1.37. The fraction of sp³-hybridized carbons (Fsp3) is 0.286. The zero-order valence-corrected chi connectivity index (χ0v) is 11.8. The summed E-state index contributed by atoms with van der Waals surface area (Å²) in [5.74, 6) is -0.323. The molecule has 1 aromatic carbocycles. The summed E-state index contributed by atoms with van der Waals surface area (Å²) < 4.78 is 4.87. The van der Waals surface area contributed by atoms with Crippen molar-refractivity contribution in [2.75, 3.05) is 6.61 Å². The third-order valence-corrected chi connectivity index (χ3v) is 2.24. The minimum atomic E-state index is -0.323. The van der Waals surface area contributed by atoms with Crippen molar-refractivity contribution in [2.45, 2.75) is 20.8 Å². The van der Waals surface area contributed by atoms with Gasteiger partial charge in [-0.25, -0.2) is 4.79 Å². The van der Waals surface area contributed by atoms with Crippen LogP contribution in [0, 0.1) is 0 Å². The third kappa shape index (κ3) is 5.10. The maximum absolute atomic E-state index is 11.4. The van der Waals surface area contributed by atoms with E-state index >= 15 is 0 Å². The molecule has 0 aliphatic carbocycles. The van der Waals surface area contributed by atoms with Crippen LogP contribution in [0.15, 0.2) is 37.0 Å². The van der Waals surface area contributed by atoms with Crippen LogP contribution < -0.4 is 5.32 Å². The predicted molar refractivity (Wildman–Crippen MR) is 78.8 cm³/mol. The average molecular weight is 265 g/mol. The Labute approximate surface area is 114 Å². The van der Waals surface area contributed by atoms with Gasteiger partial charge in [0.15, 0.2) is 0 Å². The lowest BCUT2D eigenvalue weighted by Gasteiger charge is -2.05. The van der Waals surface area contributed by atoms with Gasteiger partial charge in [0.25, 0.3) is 0 Å². The van der Waals surface area contributed by atoms with Crippen LogP contribution >= 0.6 is 12.2 Å². The van der Waals surface area contributed by atoms with Crippen molar-refractivity contribution >= 4 is 23.2 Å². The molecule has 1 N–H and O–H groups in total. The third-order valence-electron chi connectivity index (χ3n) is 1.89. The van der Waals surface area contributed by atoms with Crippen molar-refractivity contribution in [2.24, 2.45) is 0 Å². The number of benzene rings is 1. The normalized spacial score (nSPS) is 8.61. The number of hydrogen-bond acceptors (Lipinski definition) is 3. The summed E-state index contributed by atoms with van der Waals surface area (Å²) in [6.45, 7) is 9.67. The number of carbonyl (C=O) groups excluding carboxylic acids is 1. The highest BCUT2D eigenvalue weighted by Crippen LogP contribution is 2.06. The molecule has 0 saturated heterocycles. The number of rotatable bonds is 4. The smallest absolute Gasteiger partial charge is 0.338 e. The number of carbonyl (C=O) groups is 1. The summed E-state index contributed by atoms with van der Waals surface area (Å²) in [5.41, 5.74) is 1.36. The summed E-state index contributed by atoms with van der Waals surface area (Å²) >= 11 is 5.08. The lowest BCUT2D eigenvalue weighted by Crippen LogP contribution is -2.15. The van der Waals surface area contributed by atoms with E-state index in [1.54, 1.807) is 31.2 Å². The molecule has 0 amide bonds. The Morgan fingerprint density at radius 1 is 1.33 bits per heavy atom. The predicted octanol–water partition coefficient (Wildman–Crippen LogP) is 3.30. The first-order valence-corrected chi connectivity index (χ1v) is 6.28. The van der Waals surface area contributed by atoms with E-state index < -0.39 is 0 Å². The van der Waals surface area contributed by atoms with E-state index in [1.807, 2.05) is 13.8 Å². The summed E-state index contributed by atoms with van der Waals surface area (Å²) in [4.78, 5) is 11.9. The first kappa shape index (κ1) is 16.3. The second-order valence-corrected chi connectivity index (χ2v) is 3.38. The van der Waals surface area contributed by atoms with Crippen molar-refractivity contribution in [3.8, 4) is 0 Å². The molecular formula is C14H19NO2S. The second kappa shape index (κ2) is 9.36. The lowest BCUT2D eigenvalue weighted by molar-refractivity contribution is 0.0526. The van der Waals surface area contributed by atoms with Gasteiger partial charge in [-0.15, -0.1) is 0 Å². The molecule has 0 fully saturated rings. The highest BCUT2D eigenvalue weighted by atomic mass is 32.1. The molecule has 98 valence electrons. The molecular weight excluding hydrogens is 246 g/mol. The van der Waals surface area contributed by atoms with Crippen molar-refractivity contribution in [1.29, 1.82) is 0 Å². The van der Waals surface area contributed by atoms with E-state index in [9.17, 15) is 4.79 Å². The first-order chi connectivity index (χ1) is 8.69. The zero-order chi connectivity index (χ0) is 14.0. The largest absolute Gasteiger partial charge is 0.462 e. The molecule has 0 saturated carbocycles. The van der Waals surface area contributed by atoms with Gasteiger partial charge in [0.1, 0.15) is 4.99 Å². The molecule has 0 heterocycles. The van der Waals surface area contributed by atoms with Crippen LogP contribution in [-0.4, -0.2) is 17.6 Å². The summed E-state index contributed by atoms with van der Waals surface area (Å²) in [5, 5.41) is 2.81. The topological polar surface area (TPSA) is 38.3 Å². The molecule has 0 atom stereocenters. The maximum Gasteiger partial charge on any atom is 0.338 e. The number of nitrogens with one attached hydrogen (secondary N) is 1. The number of hydrogen-bond donors (Lipinski definition) is 1. The molecule has 18 heavy (non-hydrogen) atoms. The van der Waals surface area contributed by atoms with Crippen LogP contribution in [0.3, 0.4) is 0 Å². The van der Waals surface area contributed by atoms with Crippen molar-refractivity contribution < 1.29 is 9.53 Å². The highest BCUT2D eigenvalue weighted by molar-refractivity contribution is 7.80. The van der Waals surface area contributed by atoms with Crippen molar-refractivity contribution in [1.82, 2.24) is 5.32 Å². The first-order valence-electron chi connectivity index (χ1n) is 5.88. The second-order valence-electron chi connectivity index (χ2n) is 2.98. The highest BCUT2D eigenvalue weighted by Gasteiger charge is 2.06. The van der Waals surface area contributed by atoms with Crippen LogP contribution in [0.25, 0.3) is 0 Å². The molecule has 0 spiro atoms. The van der Waals surface area contributed by atoms with Gasteiger partial charge in [0, 0.05) is 5.56 Å². The Balaban J connectivity index is 0.00000137. The Kier molecular flexibility index (Phi) is 8.49. The van der Waals surface area contributed by atoms with Gasteiger partial charge in [-0.2, -0.15) is 0 Å². The maximum atomic E-state index is 11.4. The van der Waals surface area contributed by atoms with Gasteiger partial charge < -0.3 is 10.1 Å². The van der Waals surface area contributed by atoms with Crippen LogP contribution in [0.2, 0.25) is 0 Å². The van der Waals surface area contributed by atoms with Gasteiger partial charge in [0.05, 0.1) is 12.2 Å². The van der Waals surface area contributed by atoms with Gasteiger partial charge in [-0.1, -0.05) is 44.8 Å². The fourth-order valence-electron chi connectivity index (χ4n) is 1.15. The Morgan fingerprint density at radius 3 is 2.28 bits per heavy atom. The molecule has 0 aromatic heterocycles. The summed E-state index contributed by atoms with van der Waals surface area (Å²) in [6.07, 6.45) is 1.52. The van der Waals surface area contributed by atoms with E-state index in [1.165, 1.54) is 6.20 Å². The molecule has 1 aromatic rings.